The molecule has 1 aliphatic heterocycles. The van der Waals surface area contributed by atoms with Crippen LogP contribution in [0.5, 0.6) is 11.5 Å². The molecule has 2 aromatic rings. The number of ether oxygens (including phenoxy) is 4. The van der Waals surface area contributed by atoms with E-state index in [4.69, 9.17) is 18.9 Å². The molecule has 12 heteroatoms. The van der Waals surface area contributed by atoms with Gasteiger partial charge < -0.3 is 39.4 Å². The summed E-state index contributed by atoms with van der Waals surface area (Å²) < 4.78 is 20.6. The zero-order valence-corrected chi connectivity index (χ0v) is 16.5. The molecule has 4 N–H and O–H groups in total. The van der Waals surface area contributed by atoms with Crippen molar-refractivity contribution in [2.24, 2.45) is 0 Å². The van der Waals surface area contributed by atoms with E-state index in [0.29, 0.717) is 5.56 Å². The summed E-state index contributed by atoms with van der Waals surface area (Å²) in [7, 11) is 0. The van der Waals surface area contributed by atoms with E-state index < -0.39 is 48.4 Å². The van der Waals surface area contributed by atoms with Crippen molar-refractivity contribution in [3.63, 3.8) is 0 Å². The van der Waals surface area contributed by atoms with Crippen LogP contribution in [0.3, 0.4) is 0 Å². The van der Waals surface area contributed by atoms with Gasteiger partial charge in [0.15, 0.2) is 0 Å². The summed E-state index contributed by atoms with van der Waals surface area (Å²) in [6.07, 6.45) is -7.98. The second kappa shape index (κ2) is 10.3. The highest BCUT2D eigenvalue weighted by Gasteiger charge is 2.44. The van der Waals surface area contributed by atoms with Crippen LogP contribution in [0, 0.1) is 10.1 Å². The van der Waals surface area contributed by atoms with Crippen molar-refractivity contribution in [2.75, 3.05) is 6.61 Å². The zero-order chi connectivity index (χ0) is 23.3. The van der Waals surface area contributed by atoms with Crippen LogP contribution in [0.25, 0.3) is 0 Å². The van der Waals surface area contributed by atoms with Gasteiger partial charge >= 0.3 is 6.16 Å². The minimum Gasteiger partial charge on any atom is -0.462 e. The summed E-state index contributed by atoms with van der Waals surface area (Å²) in [5, 5.41) is 49.4. The summed E-state index contributed by atoms with van der Waals surface area (Å²) >= 11 is 0. The molecule has 3 rings (SSSR count). The van der Waals surface area contributed by atoms with Crippen LogP contribution in [0.4, 0.5) is 10.5 Å². The summed E-state index contributed by atoms with van der Waals surface area (Å²) in [6, 6.07) is 11.1. The van der Waals surface area contributed by atoms with Crippen LogP contribution < -0.4 is 9.47 Å². The van der Waals surface area contributed by atoms with Crippen molar-refractivity contribution in [1.82, 2.24) is 0 Å². The fourth-order valence-corrected chi connectivity index (χ4v) is 2.87. The van der Waals surface area contributed by atoms with Crippen LogP contribution in [-0.2, 0) is 16.1 Å². The Bertz CT molecular complexity index is 916. The molecule has 0 amide bonds. The van der Waals surface area contributed by atoms with Gasteiger partial charge in [-0.25, -0.2) is 4.79 Å². The molecular weight excluding hydrogens is 430 g/mol. The monoisotopic (exact) mass is 451 g/mol. The number of hydrogen-bond donors (Lipinski definition) is 4. The predicted octanol–water partition coefficient (Wildman–Crippen LogP) is 0.489. The lowest BCUT2D eigenvalue weighted by atomic mass is 9.99. The van der Waals surface area contributed by atoms with Crippen molar-refractivity contribution < 1.29 is 49.1 Å². The van der Waals surface area contributed by atoms with Gasteiger partial charge in [0.25, 0.3) is 5.69 Å². The van der Waals surface area contributed by atoms with E-state index in [0.717, 1.165) is 0 Å². The molecule has 0 bridgehead atoms. The lowest BCUT2D eigenvalue weighted by Crippen LogP contribution is -2.60. The van der Waals surface area contributed by atoms with Crippen molar-refractivity contribution >= 4 is 11.8 Å². The molecule has 0 saturated carbocycles. The Hall–Kier alpha value is -3.29. The molecule has 5 atom stereocenters. The fraction of sp³-hybridized carbons (Fsp3) is 0.350. The summed E-state index contributed by atoms with van der Waals surface area (Å²) in [6.45, 7) is -0.705. The van der Waals surface area contributed by atoms with Gasteiger partial charge in [-0.2, -0.15) is 0 Å². The third kappa shape index (κ3) is 5.69. The number of hydrogen-bond acceptors (Lipinski definition) is 11. The van der Waals surface area contributed by atoms with Gasteiger partial charge in [-0.3, -0.25) is 10.1 Å². The van der Waals surface area contributed by atoms with Gasteiger partial charge in [0, 0.05) is 12.1 Å². The second-order valence-electron chi connectivity index (χ2n) is 6.85. The minimum atomic E-state index is -1.56. The molecule has 12 nitrogen and oxygen atoms in total. The Morgan fingerprint density at radius 1 is 0.969 bits per heavy atom. The molecule has 1 saturated heterocycles. The lowest BCUT2D eigenvalue weighted by molar-refractivity contribution is -0.384. The van der Waals surface area contributed by atoms with Gasteiger partial charge in [-0.15, -0.1) is 0 Å². The normalized spacial score (nSPS) is 25.1. The molecule has 0 aliphatic carbocycles. The summed E-state index contributed by atoms with van der Waals surface area (Å²) in [5.41, 5.74) is 0.434. The third-order valence-electron chi connectivity index (χ3n) is 4.63. The van der Waals surface area contributed by atoms with Crippen molar-refractivity contribution in [3.8, 4) is 11.5 Å². The number of nitro benzene ring substituents is 1. The Labute approximate surface area is 181 Å². The second-order valence-corrected chi connectivity index (χ2v) is 6.85. The Balaban J connectivity index is 1.50. The number of carbonyl (C=O) groups excluding carboxylic acids is 1. The molecule has 0 radical (unpaired) electrons. The maximum atomic E-state index is 11.8. The number of aliphatic hydroxyl groups excluding tert-OH is 4. The van der Waals surface area contributed by atoms with Crippen molar-refractivity contribution in [2.45, 2.75) is 37.3 Å². The largest absolute Gasteiger partial charge is 0.514 e. The molecule has 0 spiro atoms. The number of nitro groups is 1. The molecule has 2 aromatic carbocycles. The van der Waals surface area contributed by atoms with Crippen LogP contribution in [0.1, 0.15) is 5.56 Å². The van der Waals surface area contributed by atoms with E-state index in [9.17, 15) is 35.3 Å². The van der Waals surface area contributed by atoms with E-state index in [1.807, 2.05) is 0 Å². The number of rotatable bonds is 7. The number of non-ortho nitro benzene ring substituents is 1. The zero-order valence-electron chi connectivity index (χ0n) is 16.5. The van der Waals surface area contributed by atoms with Crippen molar-refractivity contribution in [1.29, 1.82) is 0 Å². The summed E-state index contributed by atoms with van der Waals surface area (Å²) in [4.78, 5) is 21.8. The highest BCUT2D eigenvalue weighted by Crippen LogP contribution is 2.25. The third-order valence-corrected chi connectivity index (χ3v) is 4.63. The quantitative estimate of drug-likeness (QED) is 0.199. The average molecular weight is 451 g/mol. The van der Waals surface area contributed by atoms with Gasteiger partial charge in [0.1, 0.15) is 42.5 Å². The minimum absolute atomic E-state index is 0.0869. The first-order valence-electron chi connectivity index (χ1n) is 9.43. The van der Waals surface area contributed by atoms with E-state index in [1.54, 1.807) is 12.1 Å². The number of carbonyl (C=O) groups is 1. The van der Waals surface area contributed by atoms with E-state index in [1.165, 1.54) is 36.4 Å². The van der Waals surface area contributed by atoms with E-state index in [-0.39, 0.29) is 23.8 Å². The van der Waals surface area contributed by atoms with Gasteiger partial charge in [-0.1, -0.05) is 12.1 Å². The van der Waals surface area contributed by atoms with Crippen LogP contribution >= 0.6 is 0 Å². The SMILES string of the molecule is O=C(OCc1ccc(O[C@@H]2O[C@H](CO)[C@@H](O)[C@H](O)[C@H]2O)cc1)Oc1ccc([N+](=O)[O-])cc1. The van der Waals surface area contributed by atoms with Crippen LogP contribution in [-0.4, -0.2) is 68.8 Å². The van der Waals surface area contributed by atoms with Gasteiger partial charge in [0.2, 0.25) is 6.29 Å². The first-order valence-corrected chi connectivity index (χ1v) is 9.43. The van der Waals surface area contributed by atoms with Gasteiger partial charge in [0.05, 0.1) is 11.5 Å². The first kappa shape index (κ1) is 23.4. The fourth-order valence-electron chi connectivity index (χ4n) is 2.87. The molecule has 1 fully saturated rings. The molecule has 0 aromatic heterocycles. The van der Waals surface area contributed by atoms with Crippen molar-refractivity contribution in [3.05, 3.63) is 64.2 Å². The van der Waals surface area contributed by atoms with E-state index in [2.05, 4.69) is 0 Å². The highest BCUT2D eigenvalue weighted by molar-refractivity contribution is 5.64. The maximum absolute atomic E-state index is 11.8. The molecule has 32 heavy (non-hydrogen) atoms. The standard InChI is InChI=1S/C20H21NO11/c22-9-15-16(23)17(24)18(25)19(32-15)30-13-5-1-11(2-6-13)10-29-20(26)31-14-7-3-12(4-8-14)21(27)28/h1-8,15-19,22-25H,9-10H2/t15-,16-,17+,18-,19-/m1/s1. The predicted molar refractivity (Wildman–Crippen MR) is 105 cm³/mol. The maximum Gasteiger partial charge on any atom is 0.514 e. The first-order chi connectivity index (χ1) is 15.3. The number of benzene rings is 2. The number of aliphatic hydroxyl groups is 4. The molecule has 1 aliphatic rings. The topological polar surface area (TPSA) is 178 Å². The van der Waals surface area contributed by atoms with Crippen LogP contribution in [0.2, 0.25) is 0 Å². The number of nitrogens with zero attached hydrogens (tertiary/aromatic N) is 1. The lowest BCUT2D eigenvalue weighted by Gasteiger charge is -2.39. The van der Waals surface area contributed by atoms with E-state index >= 15 is 0 Å². The van der Waals surface area contributed by atoms with Gasteiger partial charge in [-0.05, 0) is 29.8 Å². The Morgan fingerprint density at radius 2 is 1.59 bits per heavy atom. The smallest absolute Gasteiger partial charge is 0.462 e. The Kier molecular flexibility index (Phi) is 7.56. The molecule has 172 valence electrons. The average Bonchev–Trinajstić information content (AvgIpc) is 2.79. The molecule has 0 unspecified atom stereocenters. The van der Waals surface area contributed by atoms with Crippen LogP contribution in [0.15, 0.2) is 48.5 Å². The molecule has 1 heterocycles. The summed E-state index contributed by atoms with van der Waals surface area (Å²) in [5.74, 6) is 0.343. The Morgan fingerprint density at radius 3 is 2.19 bits per heavy atom. The molecular formula is C20H21NO11. The highest BCUT2D eigenvalue weighted by atomic mass is 16.7.